The lowest BCUT2D eigenvalue weighted by atomic mass is 10.1. The van der Waals surface area contributed by atoms with Crippen molar-refractivity contribution in [2.24, 2.45) is 0 Å². The van der Waals surface area contributed by atoms with E-state index in [0.717, 1.165) is 21.9 Å². The molecule has 156 valence electrons. The summed E-state index contributed by atoms with van der Waals surface area (Å²) < 4.78 is 15.9. The van der Waals surface area contributed by atoms with Crippen molar-refractivity contribution in [1.82, 2.24) is 4.98 Å². The van der Waals surface area contributed by atoms with Gasteiger partial charge in [-0.3, -0.25) is 14.9 Å². The third kappa shape index (κ3) is 4.96. The monoisotopic (exact) mass is 426 g/mol. The van der Waals surface area contributed by atoms with Crippen LogP contribution in [0, 0.1) is 6.92 Å². The van der Waals surface area contributed by atoms with Gasteiger partial charge in [-0.05, 0) is 56.3 Å². The van der Waals surface area contributed by atoms with Gasteiger partial charge in [-0.1, -0.05) is 0 Å². The summed E-state index contributed by atoms with van der Waals surface area (Å²) in [5.74, 6) is 1.08. The number of hydrogen-bond acceptors (Lipinski definition) is 7. The zero-order valence-corrected chi connectivity index (χ0v) is 18.0. The average molecular weight is 426 g/mol. The van der Waals surface area contributed by atoms with E-state index in [9.17, 15) is 9.59 Å². The highest BCUT2D eigenvalue weighted by Gasteiger charge is 2.16. The van der Waals surface area contributed by atoms with Crippen LogP contribution in [0.2, 0.25) is 0 Å². The van der Waals surface area contributed by atoms with Crippen LogP contribution in [0.3, 0.4) is 0 Å². The number of aromatic nitrogens is 1. The minimum absolute atomic E-state index is 0.0989. The Balaban J connectivity index is 1.79. The van der Waals surface area contributed by atoms with Crippen molar-refractivity contribution in [3.8, 4) is 28.5 Å². The van der Waals surface area contributed by atoms with Gasteiger partial charge < -0.3 is 14.2 Å². The van der Waals surface area contributed by atoms with E-state index in [-0.39, 0.29) is 18.3 Å². The third-order valence-corrected chi connectivity index (χ3v) is 5.12. The van der Waals surface area contributed by atoms with Gasteiger partial charge in [0.2, 0.25) is 0 Å². The molecular weight excluding hydrogens is 404 g/mol. The zero-order valence-electron chi connectivity index (χ0n) is 17.1. The number of anilines is 1. The molecule has 0 atom stereocenters. The molecule has 0 unspecified atom stereocenters. The number of aryl methyl sites for hydroxylation is 1. The lowest BCUT2D eigenvalue weighted by molar-refractivity contribution is -0.118. The normalized spacial score (nSPS) is 10.4. The Hall–Kier alpha value is -3.39. The van der Waals surface area contributed by atoms with Crippen LogP contribution in [0.15, 0.2) is 42.5 Å². The number of hydrogen-bond donors (Lipinski definition) is 1. The summed E-state index contributed by atoms with van der Waals surface area (Å²) in [6.45, 7) is 3.28. The van der Waals surface area contributed by atoms with E-state index >= 15 is 0 Å². The molecule has 0 aliphatic carbocycles. The molecule has 1 amide bonds. The highest BCUT2D eigenvalue weighted by atomic mass is 32.1. The second kappa shape index (κ2) is 9.41. The van der Waals surface area contributed by atoms with Crippen molar-refractivity contribution in [3.63, 3.8) is 0 Å². The van der Waals surface area contributed by atoms with Gasteiger partial charge in [-0.25, -0.2) is 4.98 Å². The number of amides is 1. The van der Waals surface area contributed by atoms with Crippen LogP contribution in [0.1, 0.15) is 22.2 Å². The smallest absolute Gasteiger partial charge is 0.257 e. The topological polar surface area (TPSA) is 86.8 Å². The Bertz CT molecular complexity index is 1060. The quantitative estimate of drug-likeness (QED) is 0.576. The second-order valence-corrected chi connectivity index (χ2v) is 7.67. The summed E-state index contributed by atoms with van der Waals surface area (Å²) in [6.07, 6.45) is 0. The van der Waals surface area contributed by atoms with Crippen LogP contribution in [0.25, 0.3) is 11.3 Å². The Kier molecular flexibility index (Phi) is 6.68. The maximum Gasteiger partial charge on any atom is 0.257 e. The van der Waals surface area contributed by atoms with Crippen molar-refractivity contribution in [2.45, 2.75) is 13.8 Å². The van der Waals surface area contributed by atoms with Gasteiger partial charge in [0.15, 0.2) is 22.4 Å². The molecule has 0 radical (unpaired) electrons. The second-order valence-electron chi connectivity index (χ2n) is 6.46. The van der Waals surface area contributed by atoms with Gasteiger partial charge in [0, 0.05) is 16.0 Å². The molecule has 2 aromatic carbocycles. The number of rotatable bonds is 8. The highest BCUT2D eigenvalue weighted by Crippen LogP contribution is 2.32. The summed E-state index contributed by atoms with van der Waals surface area (Å²) in [4.78, 5) is 29.5. The van der Waals surface area contributed by atoms with E-state index in [0.29, 0.717) is 22.2 Å². The van der Waals surface area contributed by atoms with E-state index < -0.39 is 0 Å². The molecule has 0 aliphatic rings. The fraction of sp³-hybridized carbons (Fsp3) is 0.227. The van der Waals surface area contributed by atoms with Crippen molar-refractivity contribution >= 4 is 28.2 Å². The van der Waals surface area contributed by atoms with E-state index in [1.807, 2.05) is 31.2 Å². The number of carbonyl (C=O) groups excluding carboxylic acids is 2. The molecule has 0 aliphatic heterocycles. The highest BCUT2D eigenvalue weighted by molar-refractivity contribution is 7.16. The minimum Gasteiger partial charge on any atom is -0.497 e. The lowest BCUT2D eigenvalue weighted by Crippen LogP contribution is -2.13. The molecule has 1 aromatic heterocycles. The number of thiazole rings is 1. The van der Waals surface area contributed by atoms with Gasteiger partial charge in [0.05, 0.1) is 19.9 Å². The van der Waals surface area contributed by atoms with E-state index in [1.165, 1.54) is 25.4 Å². The van der Waals surface area contributed by atoms with E-state index in [2.05, 4.69) is 10.3 Å². The van der Waals surface area contributed by atoms with Gasteiger partial charge in [0.1, 0.15) is 12.4 Å². The van der Waals surface area contributed by atoms with Crippen molar-refractivity contribution < 1.29 is 23.8 Å². The first-order chi connectivity index (χ1) is 14.4. The molecule has 3 rings (SSSR count). The number of ether oxygens (including phenoxy) is 3. The van der Waals surface area contributed by atoms with Crippen molar-refractivity contribution in [2.75, 3.05) is 26.1 Å². The first kappa shape index (κ1) is 21.3. The Morgan fingerprint density at radius 1 is 1.03 bits per heavy atom. The lowest BCUT2D eigenvalue weighted by Gasteiger charge is -2.11. The number of methoxy groups -OCH3 is 2. The molecule has 8 heteroatoms. The van der Waals surface area contributed by atoms with Crippen LogP contribution in [0.5, 0.6) is 17.2 Å². The number of nitrogens with one attached hydrogen (secondary N) is 1. The van der Waals surface area contributed by atoms with Crippen LogP contribution < -0.4 is 19.5 Å². The predicted octanol–water partition coefficient (Wildman–Crippen LogP) is 4.36. The zero-order chi connectivity index (χ0) is 21.7. The third-order valence-electron chi connectivity index (χ3n) is 4.24. The summed E-state index contributed by atoms with van der Waals surface area (Å²) in [5.41, 5.74) is 2.11. The number of nitrogens with zero attached hydrogens (tertiary/aromatic N) is 1. The molecule has 3 aromatic rings. The van der Waals surface area contributed by atoms with Crippen molar-refractivity contribution in [1.29, 1.82) is 0 Å². The molecule has 0 spiro atoms. The maximum absolute atomic E-state index is 12.7. The van der Waals surface area contributed by atoms with Gasteiger partial charge >= 0.3 is 0 Å². The van der Waals surface area contributed by atoms with E-state index in [4.69, 9.17) is 14.2 Å². The van der Waals surface area contributed by atoms with Gasteiger partial charge in [-0.2, -0.15) is 0 Å². The standard InChI is InChI=1S/C22H22N2O5S/c1-13(25)12-29-19-11-16(7-10-18(19)28-4)21(26)24-22-23-20(14(2)30-22)15-5-8-17(27-3)9-6-15/h5-11H,12H2,1-4H3,(H,23,24,26). The number of carbonyl (C=O) groups is 2. The molecule has 7 nitrogen and oxygen atoms in total. The Morgan fingerprint density at radius 2 is 1.77 bits per heavy atom. The Morgan fingerprint density at radius 3 is 2.40 bits per heavy atom. The number of benzene rings is 2. The first-order valence-electron chi connectivity index (χ1n) is 9.14. The van der Waals surface area contributed by atoms with Gasteiger partial charge in [-0.15, -0.1) is 11.3 Å². The SMILES string of the molecule is COc1ccc(-c2nc(NC(=O)c3ccc(OC)c(OCC(C)=O)c3)sc2C)cc1. The predicted molar refractivity (Wildman–Crippen MR) is 116 cm³/mol. The largest absolute Gasteiger partial charge is 0.497 e. The Labute approximate surface area is 178 Å². The van der Waals surface area contributed by atoms with Crippen LogP contribution in [-0.4, -0.2) is 37.5 Å². The molecule has 0 bridgehead atoms. The summed E-state index contributed by atoms with van der Waals surface area (Å²) in [5, 5.41) is 3.31. The molecule has 0 fully saturated rings. The molecule has 1 N–H and O–H groups in total. The first-order valence-corrected chi connectivity index (χ1v) is 9.96. The maximum atomic E-state index is 12.7. The van der Waals surface area contributed by atoms with Crippen LogP contribution in [-0.2, 0) is 4.79 Å². The number of ketones is 1. The summed E-state index contributed by atoms with van der Waals surface area (Å²) in [7, 11) is 3.11. The average Bonchev–Trinajstić information content (AvgIpc) is 3.11. The molecule has 0 saturated heterocycles. The molecule has 1 heterocycles. The fourth-order valence-corrected chi connectivity index (χ4v) is 3.58. The summed E-state index contributed by atoms with van der Waals surface area (Å²) in [6, 6.07) is 12.4. The van der Waals surface area contributed by atoms with E-state index in [1.54, 1.807) is 25.3 Å². The van der Waals surface area contributed by atoms with Gasteiger partial charge in [0.25, 0.3) is 5.91 Å². The fourth-order valence-electron chi connectivity index (χ4n) is 2.75. The van der Waals surface area contributed by atoms with Crippen LogP contribution >= 0.6 is 11.3 Å². The molecule has 30 heavy (non-hydrogen) atoms. The summed E-state index contributed by atoms with van der Waals surface area (Å²) >= 11 is 1.39. The molecule has 0 saturated carbocycles. The molecular formula is C22H22N2O5S. The van der Waals surface area contributed by atoms with Crippen molar-refractivity contribution in [3.05, 3.63) is 52.9 Å². The minimum atomic E-state index is -0.333. The van der Waals surface area contributed by atoms with Crippen LogP contribution in [0.4, 0.5) is 5.13 Å². The number of Topliss-reactive ketones (excluding diaryl/α,β-unsaturated/α-hetero) is 1.